The van der Waals surface area contributed by atoms with Gasteiger partial charge in [-0.3, -0.25) is 9.89 Å². The van der Waals surface area contributed by atoms with Gasteiger partial charge in [-0.25, -0.2) is 9.50 Å². The summed E-state index contributed by atoms with van der Waals surface area (Å²) in [5.74, 6) is 0.887. The van der Waals surface area contributed by atoms with E-state index >= 15 is 0 Å². The molecule has 1 unspecified atom stereocenters. The predicted octanol–water partition coefficient (Wildman–Crippen LogP) is 3.78. The van der Waals surface area contributed by atoms with Crippen LogP contribution in [0, 0.1) is 11.3 Å². The highest BCUT2D eigenvalue weighted by molar-refractivity contribution is 6.30. The summed E-state index contributed by atoms with van der Waals surface area (Å²) in [4.78, 5) is 13.4. The first-order chi connectivity index (χ1) is 19.0. The number of aliphatic hydroxyl groups is 1. The molecule has 0 spiro atoms. The largest absolute Gasteiger partial charge is 0.404 e. The molecule has 5 rings (SSSR count). The summed E-state index contributed by atoms with van der Waals surface area (Å²) in [6.07, 6.45) is 7.87. The molecular weight excluding hydrogens is 512 g/mol. The fraction of sp³-hybridized carbons (Fsp3) is 0.241. The monoisotopic (exact) mass is 540 g/mol. The Morgan fingerprint density at radius 3 is 2.59 bits per heavy atom. The number of nitriles is 1. The average Bonchev–Trinajstić information content (AvgIpc) is 3.39. The lowest BCUT2D eigenvalue weighted by atomic mass is 10.0. The first-order valence-corrected chi connectivity index (χ1v) is 13.0. The van der Waals surface area contributed by atoms with Crippen molar-refractivity contribution in [2.45, 2.75) is 6.10 Å². The number of benzene rings is 1. The van der Waals surface area contributed by atoms with E-state index in [1.165, 1.54) is 6.20 Å². The number of halogens is 1. The van der Waals surface area contributed by atoms with Crippen LogP contribution in [0.2, 0.25) is 5.02 Å². The molecule has 0 saturated carbocycles. The van der Waals surface area contributed by atoms with Crippen molar-refractivity contribution in [3.8, 4) is 17.2 Å². The lowest BCUT2D eigenvalue weighted by Gasteiger charge is -2.36. The SMILES string of the molecule is CN=CC(=CN)c1cc(-c2ccc(N3CCN(CC(O)c4ccc(Cl)cc4)CC3)nc2)c2c(C#N)cnn2c1. The lowest BCUT2D eigenvalue weighted by Crippen LogP contribution is -2.47. The van der Waals surface area contributed by atoms with E-state index in [4.69, 9.17) is 22.3 Å². The van der Waals surface area contributed by atoms with Crippen molar-refractivity contribution in [3.63, 3.8) is 0 Å². The highest BCUT2D eigenvalue weighted by Crippen LogP contribution is 2.31. The summed E-state index contributed by atoms with van der Waals surface area (Å²) in [7, 11) is 1.69. The number of anilines is 1. The molecule has 0 amide bonds. The molecule has 39 heavy (non-hydrogen) atoms. The van der Waals surface area contributed by atoms with E-state index in [1.54, 1.807) is 36.1 Å². The molecule has 4 aromatic rings. The summed E-state index contributed by atoms with van der Waals surface area (Å²) >= 11 is 5.97. The van der Waals surface area contributed by atoms with Gasteiger partial charge in [0.05, 0.1) is 23.4 Å². The molecule has 1 atom stereocenters. The van der Waals surface area contributed by atoms with Crippen LogP contribution in [-0.2, 0) is 0 Å². The standard InChI is InChI=1S/C29H29ClN8O/c1-33-15-23(13-31)22-12-26(29-24(14-32)17-35-38(29)18-22)21-4-7-28(34-16-21)37-10-8-36(9-11-37)19-27(39)20-2-5-25(30)6-3-20/h2-7,12-13,15-18,27,39H,8-11,19,31H2,1H3. The Labute approximate surface area is 232 Å². The highest BCUT2D eigenvalue weighted by Gasteiger charge is 2.21. The third-order valence-corrected chi connectivity index (χ3v) is 7.21. The molecule has 4 heterocycles. The van der Waals surface area contributed by atoms with Gasteiger partial charge in [0.2, 0.25) is 0 Å². The van der Waals surface area contributed by atoms with Crippen LogP contribution in [0.4, 0.5) is 5.82 Å². The van der Waals surface area contributed by atoms with Gasteiger partial charge in [-0.05, 0) is 35.9 Å². The molecule has 3 N–H and O–H groups in total. The van der Waals surface area contributed by atoms with Gasteiger partial charge in [0, 0.05) is 91.9 Å². The number of fused-ring (bicyclic) bond motifs is 1. The zero-order valence-corrected chi connectivity index (χ0v) is 22.3. The first-order valence-electron chi connectivity index (χ1n) is 12.6. The summed E-state index contributed by atoms with van der Waals surface area (Å²) in [6.45, 7) is 3.84. The van der Waals surface area contributed by atoms with Crippen LogP contribution < -0.4 is 10.6 Å². The molecule has 1 aliphatic rings. The quantitative estimate of drug-likeness (QED) is 0.342. The van der Waals surface area contributed by atoms with E-state index in [1.807, 2.05) is 42.7 Å². The van der Waals surface area contributed by atoms with Crippen LogP contribution in [0.15, 0.2) is 72.2 Å². The number of β-amino-alcohol motifs (C(OH)–C–C–N with tert-alkyl or cyclic N) is 1. The first kappa shape index (κ1) is 26.4. The second kappa shape index (κ2) is 11.7. The summed E-state index contributed by atoms with van der Waals surface area (Å²) in [5.41, 5.74) is 11.2. The number of piperazine rings is 1. The number of nitrogens with zero attached hydrogens (tertiary/aromatic N) is 7. The molecular formula is C29H29ClN8O. The summed E-state index contributed by atoms with van der Waals surface area (Å²) < 4.78 is 1.70. The van der Waals surface area contributed by atoms with E-state index < -0.39 is 6.10 Å². The number of nitrogens with two attached hydrogens (primary N) is 1. The molecule has 9 nitrogen and oxygen atoms in total. The van der Waals surface area contributed by atoms with Gasteiger partial charge in [0.25, 0.3) is 0 Å². The molecule has 1 fully saturated rings. The van der Waals surface area contributed by atoms with Crippen LogP contribution in [0.5, 0.6) is 0 Å². The highest BCUT2D eigenvalue weighted by atomic mass is 35.5. The average molecular weight is 541 g/mol. The van der Waals surface area contributed by atoms with Crippen molar-refractivity contribution in [1.29, 1.82) is 5.26 Å². The molecule has 3 aromatic heterocycles. The van der Waals surface area contributed by atoms with Gasteiger partial charge in [-0.2, -0.15) is 10.4 Å². The van der Waals surface area contributed by atoms with Crippen molar-refractivity contribution < 1.29 is 5.11 Å². The maximum Gasteiger partial charge on any atom is 0.128 e. The maximum absolute atomic E-state index is 10.6. The van der Waals surface area contributed by atoms with Crippen LogP contribution in [0.3, 0.4) is 0 Å². The Bertz CT molecular complexity index is 1550. The van der Waals surface area contributed by atoms with Crippen LogP contribution in [0.1, 0.15) is 22.8 Å². The van der Waals surface area contributed by atoms with Crippen molar-refractivity contribution >= 4 is 34.7 Å². The molecule has 1 saturated heterocycles. The van der Waals surface area contributed by atoms with Gasteiger partial charge in [0.15, 0.2) is 0 Å². The predicted molar refractivity (Wildman–Crippen MR) is 155 cm³/mol. The molecule has 0 bridgehead atoms. The van der Waals surface area contributed by atoms with Gasteiger partial charge >= 0.3 is 0 Å². The Morgan fingerprint density at radius 2 is 1.95 bits per heavy atom. The van der Waals surface area contributed by atoms with Crippen molar-refractivity contribution in [2.24, 2.45) is 10.7 Å². The Morgan fingerprint density at radius 1 is 1.18 bits per heavy atom. The molecule has 1 aliphatic heterocycles. The second-order valence-corrected chi connectivity index (χ2v) is 9.81. The van der Waals surface area contributed by atoms with E-state index in [2.05, 4.69) is 26.0 Å². The van der Waals surface area contributed by atoms with Crippen molar-refractivity contribution in [2.75, 3.05) is 44.7 Å². The number of aromatic nitrogens is 3. The number of allylic oxidation sites excluding steroid dienone is 1. The number of aliphatic imine (C=N–C) groups is 1. The number of pyridine rings is 2. The minimum atomic E-state index is -0.557. The van der Waals surface area contributed by atoms with Crippen molar-refractivity contribution in [3.05, 3.63) is 89.0 Å². The Hall–Kier alpha value is -4.23. The van der Waals surface area contributed by atoms with Gasteiger partial charge in [-0.1, -0.05) is 23.7 Å². The summed E-state index contributed by atoms with van der Waals surface area (Å²) in [6, 6.07) is 15.6. The molecule has 0 radical (unpaired) electrons. The molecule has 10 heteroatoms. The Kier molecular flexibility index (Phi) is 7.89. The number of rotatable bonds is 7. The van der Waals surface area contributed by atoms with E-state index in [0.717, 1.165) is 59.8 Å². The van der Waals surface area contributed by atoms with Crippen molar-refractivity contribution in [1.82, 2.24) is 19.5 Å². The Balaban J connectivity index is 1.32. The van der Waals surface area contributed by atoms with Crippen LogP contribution in [0.25, 0.3) is 22.2 Å². The smallest absolute Gasteiger partial charge is 0.128 e. The van der Waals surface area contributed by atoms with Gasteiger partial charge in [-0.15, -0.1) is 0 Å². The maximum atomic E-state index is 10.6. The fourth-order valence-electron chi connectivity index (χ4n) is 4.86. The minimum Gasteiger partial charge on any atom is -0.404 e. The van der Waals surface area contributed by atoms with E-state index in [9.17, 15) is 10.4 Å². The van der Waals surface area contributed by atoms with E-state index in [0.29, 0.717) is 22.6 Å². The molecule has 198 valence electrons. The van der Waals surface area contributed by atoms with Gasteiger partial charge in [0.1, 0.15) is 11.9 Å². The van der Waals surface area contributed by atoms with Crippen LogP contribution >= 0.6 is 11.6 Å². The molecule has 1 aromatic carbocycles. The number of hydrogen-bond acceptors (Lipinski definition) is 8. The molecule has 0 aliphatic carbocycles. The fourth-order valence-corrected chi connectivity index (χ4v) is 4.99. The van der Waals surface area contributed by atoms with Gasteiger partial charge < -0.3 is 15.7 Å². The lowest BCUT2D eigenvalue weighted by molar-refractivity contribution is 0.109. The zero-order chi connectivity index (χ0) is 27.4. The number of aliphatic hydroxyl groups excluding tert-OH is 1. The third kappa shape index (κ3) is 5.64. The summed E-state index contributed by atoms with van der Waals surface area (Å²) in [5, 5.41) is 25.3. The third-order valence-electron chi connectivity index (χ3n) is 6.95. The normalized spacial score (nSPS) is 15.6. The second-order valence-electron chi connectivity index (χ2n) is 9.38. The van der Waals surface area contributed by atoms with Crippen LogP contribution in [-0.4, -0.2) is 70.6 Å². The minimum absolute atomic E-state index is 0.486. The zero-order valence-electron chi connectivity index (χ0n) is 21.6. The van der Waals surface area contributed by atoms with E-state index in [-0.39, 0.29) is 0 Å². The topological polar surface area (TPSA) is 119 Å². The number of hydrogen-bond donors (Lipinski definition) is 2.